The summed E-state index contributed by atoms with van der Waals surface area (Å²) < 4.78 is 10.3. The van der Waals surface area contributed by atoms with E-state index in [9.17, 15) is 10.1 Å². The molecule has 14 heteroatoms. The van der Waals surface area contributed by atoms with Gasteiger partial charge in [0.2, 0.25) is 5.28 Å². The molecule has 0 aliphatic heterocycles. The van der Waals surface area contributed by atoms with Crippen LogP contribution in [0.3, 0.4) is 0 Å². The molecule has 0 aliphatic rings. The van der Waals surface area contributed by atoms with Crippen molar-refractivity contribution in [3.05, 3.63) is 44.3 Å². The predicted molar refractivity (Wildman–Crippen MR) is 112 cm³/mol. The van der Waals surface area contributed by atoms with Gasteiger partial charge in [-0.05, 0) is 25.4 Å². The van der Waals surface area contributed by atoms with Crippen LogP contribution < -0.4 is 4.74 Å². The van der Waals surface area contributed by atoms with Crippen molar-refractivity contribution in [2.24, 2.45) is 7.05 Å². The molecule has 4 aromatic heterocycles. The lowest BCUT2D eigenvalue weighted by Crippen LogP contribution is -2.07. The van der Waals surface area contributed by atoms with Gasteiger partial charge in [-0.1, -0.05) is 11.6 Å². The Balaban J connectivity index is 1.51. The average Bonchev–Trinajstić information content (AvgIpc) is 3.31. The maximum Gasteiger partial charge on any atom is 0.353 e. The topological polar surface area (TPSA) is 132 Å². The molecule has 4 heterocycles. The summed E-state index contributed by atoms with van der Waals surface area (Å²) in [6.07, 6.45) is 3.72. The quantitative estimate of drug-likeness (QED) is 0.176. The number of aromatic nitrogens is 8. The Morgan fingerprint density at radius 3 is 2.68 bits per heavy atom. The number of aryl methyl sites for hydroxylation is 3. The molecule has 4 aromatic rings. The molecular formula is C17H17Cl2N9O3. The zero-order valence-electron chi connectivity index (χ0n) is 16.8. The summed E-state index contributed by atoms with van der Waals surface area (Å²) in [5, 5.41) is 25.3. The molecule has 0 aromatic carbocycles. The van der Waals surface area contributed by atoms with Crippen LogP contribution in [0.25, 0.3) is 16.7 Å². The monoisotopic (exact) mass is 465 g/mol. The van der Waals surface area contributed by atoms with Crippen molar-refractivity contribution in [1.82, 2.24) is 39.3 Å². The Hall–Kier alpha value is -3.25. The molecule has 31 heavy (non-hydrogen) atoms. The van der Waals surface area contributed by atoms with E-state index in [1.54, 1.807) is 36.5 Å². The van der Waals surface area contributed by atoms with Crippen LogP contribution in [-0.2, 0) is 13.6 Å². The third kappa shape index (κ3) is 3.91. The van der Waals surface area contributed by atoms with E-state index in [1.165, 1.54) is 10.9 Å². The summed E-state index contributed by atoms with van der Waals surface area (Å²) in [6.45, 7) is 4.00. The van der Waals surface area contributed by atoms with Gasteiger partial charge >= 0.3 is 11.6 Å². The van der Waals surface area contributed by atoms with Gasteiger partial charge in [0.25, 0.3) is 0 Å². The van der Waals surface area contributed by atoms with Gasteiger partial charge in [-0.2, -0.15) is 15.2 Å². The van der Waals surface area contributed by atoms with Gasteiger partial charge in [0.05, 0.1) is 28.8 Å². The maximum absolute atomic E-state index is 11.6. The van der Waals surface area contributed by atoms with Gasteiger partial charge in [0, 0.05) is 26.2 Å². The second-order valence-corrected chi connectivity index (χ2v) is 7.47. The Kier molecular flexibility index (Phi) is 5.50. The molecule has 0 saturated heterocycles. The number of nitro groups is 1. The summed E-state index contributed by atoms with van der Waals surface area (Å²) in [5.74, 6) is -0.0560. The summed E-state index contributed by atoms with van der Waals surface area (Å²) in [7, 11) is 1.77. The third-order valence-electron chi connectivity index (χ3n) is 4.62. The molecule has 0 saturated carbocycles. The molecule has 0 fully saturated rings. The van der Waals surface area contributed by atoms with E-state index in [1.807, 2.05) is 0 Å². The molecule has 0 atom stereocenters. The standard InChI is InChI=1S/C17H17Cl2N9O3/c1-9-12(8-25(3)22-9)27-10(2)13(28(29)30)16(24-27)31-6-4-5-26-15-11(14(18)23-26)7-20-17(19)21-15/h7-8H,4-6H2,1-3H3. The Labute approximate surface area is 185 Å². The van der Waals surface area contributed by atoms with Crippen LogP contribution in [0, 0.1) is 24.0 Å². The minimum absolute atomic E-state index is 0.0560. The van der Waals surface area contributed by atoms with Crippen LogP contribution in [0.2, 0.25) is 10.4 Å². The van der Waals surface area contributed by atoms with E-state index in [0.717, 1.165) is 0 Å². The van der Waals surface area contributed by atoms with Crippen LogP contribution in [0.1, 0.15) is 17.8 Å². The van der Waals surface area contributed by atoms with Crippen molar-refractivity contribution < 1.29 is 9.66 Å². The van der Waals surface area contributed by atoms with Crippen molar-refractivity contribution >= 4 is 39.9 Å². The van der Waals surface area contributed by atoms with Gasteiger partial charge in [0.15, 0.2) is 10.8 Å². The largest absolute Gasteiger partial charge is 0.472 e. The van der Waals surface area contributed by atoms with Crippen LogP contribution >= 0.6 is 23.2 Å². The molecule has 0 aliphatic carbocycles. The number of halogens is 2. The Bertz CT molecular complexity index is 1290. The first-order valence-corrected chi connectivity index (χ1v) is 9.94. The van der Waals surface area contributed by atoms with E-state index in [0.29, 0.717) is 41.1 Å². The molecule has 0 amide bonds. The molecule has 0 bridgehead atoms. The van der Waals surface area contributed by atoms with Gasteiger partial charge < -0.3 is 4.74 Å². The van der Waals surface area contributed by atoms with Crippen molar-refractivity contribution in [2.75, 3.05) is 6.61 Å². The van der Waals surface area contributed by atoms with Crippen molar-refractivity contribution in [3.63, 3.8) is 0 Å². The number of rotatable bonds is 7. The Morgan fingerprint density at radius 2 is 2.00 bits per heavy atom. The molecule has 4 rings (SSSR count). The van der Waals surface area contributed by atoms with E-state index in [-0.39, 0.29) is 28.6 Å². The SMILES string of the molecule is Cc1nn(C)cc1-n1nc(OCCCn2nc(Cl)c3cnc(Cl)nc32)c([N+](=O)[O-])c1C. The highest BCUT2D eigenvalue weighted by Gasteiger charge is 2.28. The lowest BCUT2D eigenvalue weighted by atomic mass is 10.3. The summed E-state index contributed by atoms with van der Waals surface area (Å²) in [6, 6.07) is 0. The van der Waals surface area contributed by atoms with E-state index in [4.69, 9.17) is 27.9 Å². The molecule has 0 spiro atoms. The van der Waals surface area contributed by atoms with Crippen LogP contribution in [0.5, 0.6) is 5.88 Å². The Morgan fingerprint density at radius 1 is 1.23 bits per heavy atom. The fraction of sp³-hybridized carbons (Fsp3) is 0.353. The second kappa shape index (κ2) is 8.12. The number of fused-ring (bicyclic) bond motifs is 1. The van der Waals surface area contributed by atoms with Crippen LogP contribution in [0.15, 0.2) is 12.4 Å². The molecule has 0 unspecified atom stereocenters. The molecule has 0 radical (unpaired) electrons. The van der Waals surface area contributed by atoms with Gasteiger partial charge in [-0.3, -0.25) is 14.8 Å². The minimum Gasteiger partial charge on any atom is -0.472 e. The van der Waals surface area contributed by atoms with Crippen molar-refractivity contribution in [3.8, 4) is 11.6 Å². The third-order valence-corrected chi connectivity index (χ3v) is 5.08. The lowest BCUT2D eigenvalue weighted by Gasteiger charge is -2.04. The van der Waals surface area contributed by atoms with Crippen molar-refractivity contribution in [2.45, 2.75) is 26.8 Å². The number of hydrogen-bond donors (Lipinski definition) is 0. The normalized spacial score (nSPS) is 11.4. The molecule has 12 nitrogen and oxygen atoms in total. The average molecular weight is 466 g/mol. The van der Waals surface area contributed by atoms with Crippen LogP contribution in [0.4, 0.5) is 5.69 Å². The molecule has 0 N–H and O–H groups in total. The summed E-state index contributed by atoms with van der Waals surface area (Å²) >= 11 is 12.0. The summed E-state index contributed by atoms with van der Waals surface area (Å²) in [5.41, 5.74) is 2.01. The highest BCUT2D eigenvalue weighted by Crippen LogP contribution is 2.32. The number of nitrogens with zero attached hydrogens (tertiary/aromatic N) is 9. The smallest absolute Gasteiger partial charge is 0.353 e. The lowest BCUT2D eigenvalue weighted by molar-refractivity contribution is -0.386. The maximum atomic E-state index is 11.6. The fourth-order valence-corrected chi connectivity index (χ4v) is 3.60. The second-order valence-electron chi connectivity index (χ2n) is 6.77. The van der Waals surface area contributed by atoms with Crippen molar-refractivity contribution in [1.29, 1.82) is 0 Å². The highest BCUT2D eigenvalue weighted by molar-refractivity contribution is 6.34. The minimum atomic E-state index is -0.500. The number of ether oxygens (including phenoxy) is 1. The molecular weight excluding hydrogens is 449 g/mol. The highest BCUT2D eigenvalue weighted by atomic mass is 35.5. The first-order chi connectivity index (χ1) is 14.8. The fourth-order valence-electron chi connectivity index (χ4n) is 3.25. The van der Waals surface area contributed by atoms with Gasteiger partial charge in [-0.15, -0.1) is 5.10 Å². The van der Waals surface area contributed by atoms with E-state index < -0.39 is 4.92 Å². The van der Waals surface area contributed by atoms with Gasteiger partial charge in [0.1, 0.15) is 11.4 Å². The van der Waals surface area contributed by atoms with E-state index >= 15 is 0 Å². The van der Waals surface area contributed by atoms with E-state index in [2.05, 4.69) is 25.3 Å². The van der Waals surface area contributed by atoms with Gasteiger partial charge in [-0.25, -0.2) is 14.3 Å². The predicted octanol–water partition coefficient (Wildman–Crippen LogP) is 3.05. The number of hydrogen-bond acceptors (Lipinski definition) is 8. The zero-order chi connectivity index (χ0) is 22.3. The first kappa shape index (κ1) is 21.0. The zero-order valence-corrected chi connectivity index (χ0v) is 18.3. The van der Waals surface area contributed by atoms with Crippen LogP contribution in [-0.4, -0.2) is 50.8 Å². The molecule has 162 valence electrons. The summed E-state index contributed by atoms with van der Waals surface area (Å²) in [4.78, 5) is 19.2. The first-order valence-electron chi connectivity index (χ1n) is 9.18.